The number of carbonyl (C=O) groups excluding carboxylic acids is 2. The molecule has 0 spiro atoms. The van der Waals surface area contributed by atoms with Gasteiger partial charge >= 0.3 is 18.0 Å². The van der Waals surface area contributed by atoms with Crippen LogP contribution in [0.2, 0.25) is 0 Å². The second-order valence-corrected chi connectivity index (χ2v) is 6.26. The number of aliphatic carboxylic acids is 1. The second kappa shape index (κ2) is 7.90. The van der Waals surface area contributed by atoms with Gasteiger partial charge in [-0.3, -0.25) is 0 Å². The number of carboxylic acid groups (broad SMARTS) is 1. The standard InChI is InChI=1S/C20H20N2O5/c1-27-19(25)17-16(18(23)24)21(12-14-8-4-2-5-9-14)20(26)22(17)13-15-10-6-3-7-11-15/h2-11,16-17H,12-13H2,1H3,(H,23,24)/t16-,17+/m0/s1. The molecule has 1 aliphatic rings. The highest BCUT2D eigenvalue weighted by Gasteiger charge is 2.53. The molecular weight excluding hydrogens is 348 g/mol. The maximum Gasteiger partial charge on any atom is 0.331 e. The van der Waals surface area contributed by atoms with Crippen molar-refractivity contribution in [3.05, 3.63) is 71.8 Å². The number of benzene rings is 2. The fourth-order valence-corrected chi connectivity index (χ4v) is 3.28. The molecule has 2 amide bonds. The Morgan fingerprint density at radius 1 is 0.889 bits per heavy atom. The summed E-state index contributed by atoms with van der Waals surface area (Å²) in [5, 5.41) is 9.75. The van der Waals surface area contributed by atoms with Gasteiger partial charge in [0.2, 0.25) is 0 Å². The van der Waals surface area contributed by atoms with E-state index in [0.717, 1.165) is 11.1 Å². The zero-order valence-corrected chi connectivity index (χ0v) is 14.8. The molecule has 2 aromatic carbocycles. The van der Waals surface area contributed by atoms with E-state index in [1.165, 1.54) is 16.9 Å². The molecule has 0 aromatic heterocycles. The van der Waals surface area contributed by atoms with Gasteiger partial charge in [0, 0.05) is 13.1 Å². The molecule has 0 unspecified atom stereocenters. The van der Waals surface area contributed by atoms with Crippen molar-refractivity contribution in [2.24, 2.45) is 0 Å². The first-order valence-corrected chi connectivity index (χ1v) is 8.48. The summed E-state index contributed by atoms with van der Waals surface area (Å²) in [6, 6.07) is 15.1. The SMILES string of the molecule is COC(=O)[C@H]1[C@@H](C(=O)O)N(Cc2ccccc2)C(=O)N1Cc1ccccc1. The van der Waals surface area contributed by atoms with Crippen molar-refractivity contribution in [1.29, 1.82) is 0 Å². The first-order valence-electron chi connectivity index (χ1n) is 8.48. The zero-order chi connectivity index (χ0) is 19.4. The number of ether oxygens (including phenoxy) is 1. The Morgan fingerprint density at radius 3 is 1.74 bits per heavy atom. The third-order valence-corrected chi connectivity index (χ3v) is 4.55. The van der Waals surface area contributed by atoms with Crippen LogP contribution in [0.25, 0.3) is 0 Å². The number of nitrogens with zero attached hydrogens (tertiary/aromatic N) is 2. The van der Waals surface area contributed by atoms with Crippen LogP contribution in [0, 0.1) is 0 Å². The fraction of sp³-hybridized carbons (Fsp3) is 0.250. The monoisotopic (exact) mass is 368 g/mol. The van der Waals surface area contributed by atoms with Gasteiger partial charge in [-0.25, -0.2) is 14.4 Å². The molecule has 1 fully saturated rings. The third-order valence-electron chi connectivity index (χ3n) is 4.55. The summed E-state index contributed by atoms with van der Waals surface area (Å²) in [5.74, 6) is -1.99. The predicted octanol–water partition coefficient (Wildman–Crippen LogP) is 2.12. The molecule has 1 saturated heterocycles. The van der Waals surface area contributed by atoms with E-state index in [4.69, 9.17) is 4.74 Å². The number of urea groups is 1. The Bertz CT molecular complexity index is 825. The lowest BCUT2D eigenvalue weighted by Gasteiger charge is -2.23. The maximum atomic E-state index is 13.0. The van der Waals surface area contributed by atoms with Crippen molar-refractivity contribution in [3.8, 4) is 0 Å². The van der Waals surface area contributed by atoms with Crippen LogP contribution < -0.4 is 0 Å². The van der Waals surface area contributed by atoms with Gasteiger partial charge in [0.05, 0.1) is 7.11 Å². The number of rotatable bonds is 6. The lowest BCUT2D eigenvalue weighted by Crippen LogP contribution is -2.48. The Morgan fingerprint density at radius 2 is 1.33 bits per heavy atom. The molecule has 27 heavy (non-hydrogen) atoms. The molecule has 0 aliphatic carbocycles. The highest BCUT2D eigenvalue weighted by molar-refractivity contribution is 5.96. The largest absolute Gasteiger partial charge is 0.480 e. The summed E-state index contributed by atoms with van der Waals surface area (Å²) in [5.41, 5.74) is 1.58. The van der Waals surface area contributed by atoms with Crippen LogP contribution in [0.5, 0.6) is 0 Å². The van der Waals surface area contributed by atoms with Gasteiger partial charge < -0.3 is 19.6 Å². The Hall–Kier alpha value is -3.35. The van der Waals surface area contributed by atoms with E-state index in [1.54, 1.807) is 12.1 Å². The normalized spacial score (nSPS) is 19.2. The van der Waals surface area contributed by atoms with Crippen molar-refractivity contribution >= 4 is 18.0 Å². The molecule has 2 atom stereocenters. The van der Waals surface area contributed by atoms with Gasteiger partial charge in [-0.05, 0) is 11.1 Å². The second-order valence-electron chi connectivity index (χ2n) is 6.26. The number of amides is 2. The number of hydrogen-bond donors (Lipinski definition) is 1. The number of hydrogen-bond acceptors (Lipinski definition) is 4. The minimum absolute atomic E-state index is 0.0927. The van der Waals surface area contributed by atoms with Crippen molar-refractivity contribution in [2.75, 3.05) is 7.11 Å². The molecule has 140 valence electrons. The first kappa shape index (κ1) is 18.4. The van der Waals surface area contributed by atoms with Gasteiger partial charge in [0.25, 0.3) is 0 Å². The van der Waals surface area contributed by atoms with E-state index in [0.29, 0.717) is 0 Å². The maximum absolute atomic E-state index is 13.0. The highest BCUT2D eigenvalue weighted by Crippen LogP contribution is 2.28. The first-order chi connectivity index (χ1) is 13.0. The average molecular weight is 368 g/mol. The van der Waals surface area contributed by atoms with Crippen LogP contribution >= 0.6 is 0 Å². The molecule has 3 rings (SSSR count). The fourth-order valence-electron chi connectivity index (χ4n) is 3.28. The van der Waals surface area contributed by atoms with E-state index < -0.39 is 30.1 Å². The molecule has 7 heteroatoms. The smallest absolute Gasteiger partial charge is 0.331 e. The molecule has 1 N–H and O–H groups in total. The Kier molecular flexibility index (Phi) is 5.40. The molecule has 7 nitrogen and oxygen atoms in total. The predicted molar refractivity (Wildman–Crippen MR) is 96.6 cm³/mol. The van der Waals surface area contributed by atoms with Crippen molar-refractivity contribution in [2.45, 2.75) is 25.2 Å². The summed E-state index contributed by atoms with van der Waals surface area (Å²) in [6.07, 6.45) is 0. The number of methoxy groups -OCH3 is 1. The topological polar surface area (TPSA) is 87.1 Å². The van der Waals surface area contributed by atoms with Crippen LogP contribution in [0.4, 0.5) is 4.79 Å². The number of carboxylic acids is 1. The van der Waals surface area contributed by atoms with Crippen molar-refractivity contribution in [3.63, 3.8) is 0 Å². The van der Waals surface area contributed by atoms with Gasteiger partial charge in [-0.15, -0.1) is 0 Å². The zero-order valence-electron chi connectivity index (χ0n) is 14.8. The van der Waals surface area contributed by atoms with Crippen LogP contribution in [0.1, 0.15) is 11.1 Å². The van der Waals surface area contributed by atoms with E-state index in [-0.39, 0.29) is 13.1 Å². The quantitative estimate of drug-likeness (QED) is 0.789. The van der Waals surface area contributed by atoms with E-state index in [2.05, 4.69) is 0 Å². The third kappa shape index (κ3) is 3.76. The molecule has 1 aliphatic heterocycles. The average Bonchev–Trinajstić information content (AvgIpc) is 2.95. The van der Waals surface area contributed by atoms with Crippen molar-refractivity contribution in [1.82, 2.24) is 9.80 Å². The van der Waals surface area contributed by atoms with Crippen LogP contribution in [-0.4, -0.2) is 52.1 Å². The van der Waals surface area contributed by atoms with Gasteiger partial charge in [0.1, 0.15) is 0 Å². The molecule has 1 heterocycles. The molecule has 0 bridgehead atoms. The molecule has 2 aromatic rings. The minimum Gasteiger partial charge on any atom is -0.480 e. The minimum atomic E-state index is -1.33. The lowest BCUT2D eigenvalue weighted by atomic mass is 10.1. The Labute approximate surface area is 156 Å². The van der Waals surface area contributed by atoms with E-state index in [1.807, 2.05) is 48.5 Å². The lowest BCUT2D eigenvalue weighted by molar-refractivity contribution is -0.153. The van der Waals surface area contributed by atoms with Crippen LogP contribution in [0.3, 0.4) is 0 Å². The summed E-state index contributed by atoms with van der Waals surface area (Å²) in [7, 11) is 1.19. The summed E-state index contributed by atoms with van der Waals surface area (Å²) < 4.78 is 4.81. The summed E-state index contributed by atoms with van der Waals surface area (Å²) in [4.78, 5) is 39.8. The summed E-state index contributed by atoms with van der Waals surface area (Å²) >= 11 is 0. The van der Waals surface area contributed by atoms with E-state index >= 15 is 0 Å². The van der Waals surface area contributed by atoms with E-state index in [9.17, 15) is 19.5 Å². The highest BCUT2D eigenvalue weighted by atomic mass is 16.5. The number of carbonyl (C=O) groups is 3. The summed E-state index contributed by atoms with van der Waals surface area (Å²) in [6.45, 7) is 0.212. The van der Waals surface area contributed by atoms with Crippen molar-refractivity contribution < 1.29 is 24.2 Å². The Balaban J connectivity index is 1.96. The van der Waals surface area contributed by atoms with Crippen LogP contribution in [-0.2, 0) is 27.4 Å². The molecule has 0 radical (unpaired) electrons. The molecule has 0 saturated carbocycles. The van der Waals surface area contributed by atoms with Gasteiger partial charge in [-0.1, -0.05) is 60.7 Å². The number of esters is 1. The van der Waals surface area contributed by atoms with Gasteiger partial charge in [0.15, 0.2) is 12.1 Å². The van der Waals surface area contributed by atoms with Gasteiger partial charge in [-0.2, -0.15) is 0 Å². The van der Waals surface area contributed by atoms with Crippen LogP contribution in [0.15, 0.2) is 60.7 Å². The molecular formula is C20H20N2O5.